The van der Waals surface area contributed by atoms with Gasteiger partial charge in [-0.2, -0.15) is 5.10 Å². The summed E-state index contributed by atoms with van der Waals surface area (Å²) >= 11 is 3.19. The summed E-state index contributed by atoms with van der Waals surface area (Å²) in [5, 5.41) is 3.80. The average molecular weight is 399 g/mol. The molecule has 25 heavy (non-hydrogen) atoms. The summed E-state index contributed by atoms with van der Waals surface area (Å²) in [5.41, 5.74) is 4.60. The maximum Gasteiger partial charge on any atom is 0.277 e. The normalized spacial score (nSPS) is 10.8. The van der Waals surface area contributed by atoms with Crippen molar-refractivity contribution in [3.8, 4) is 16.9 Å². The molecule has 6 heteroatoms. The van der Waals surface area contributed by atoms with Crippen molar-refractivity contribution >= 4 is 28.1 Å². The number of carbonyl (C=O) groups excluding carboxylic acids is 1. The van der Waals surface area contributed by atoms with Crippen LogP contribution in [0.15, 0.2) is 80.9 Å². The van der Waals surface area contributed by atoms with Gasteiger partial charge in [0.25, 0.3) is 5.91 Å². The van der Waals surface area contributed by atoms with Crippen molar-refractivity contribution < 1.29 is 13.9 Å². The van der Waals surface area contributed by atoms with Gasteiger partial charge in [0, 0.05) is 0 Å². The van der Waals surface area contributed by atoms with Crippen LogP contribution in [-0.4, -0.2) is 18.7 Å². The lowest BCUT2D eigenvalue weighted by Crippen LogP contribution is -2.24. The Morgan fingerprint density at radius 1 is 1.04 bits per heavy atom. The molecule has 0 aliphatic heterocycles. The smallest absolute Gasteiger partial charge is 0.277 e. The van der Waals surface area contributed by atoms with Crippen LogP contribution in [-0.2, 0) is 4.79 Å². The van der Waals surface area contributed by atoms with E-state index in [1.165, 1.54) is 6.21 Å². The molecule has 3 rings (SSSR count). The Kier molecular flexibility index (Phi) is 5.64. The van der Waals surface area contributed by atoms with E-state index in [1.54, 1.807) is 12.1 Å². The molecule has 1 heterocycles. The molecular formula is C19H15BrN2O3. The largest absolute Gasteiger partial charge is 0.484 e. The number of hydrogen-bond acceptors (Lipinski definition) is 4. The molecule has 3 aromatic rings. The van der Waals surface area contributed by atoms with Gasteiger partial charge >= 0.3 is 0 Å². The molecule has 1 N–H and O–H groups in total. The number of nitrogens with zero attached hydrogens (tertiary/aromatic N) is 1. The van der Waals surface area contributed by atoms with Gasteiger partial charge < -0.3 is 9.15 Å². The number of ether oxygens (including phenoxy) is 1. The Morgan fingerprint density at radius 2 is 1.76 bits per heavy atom. The zero-order chi connectivity index (χ0) is 17.5. The lowest BCUT2D eigenvalue weighted by Gasteiger charge is -2.06. The number of carbonyl (C=O) groups is 1. The molecule has 0 atom stereocenters. The van der Waals surface area contributed by atoms with Gasteiger partial charge in [-0.05, 0) is 51.3 Å². The molecule has 0 saturated heterocycles. The molecule has 126 valence electrons. The van der Waals surface area contributed by atoms with Crippen molar-refractivity contribution in [1.29, 1.82) is 0 Å². The van der Waals surface area contributed by atoms with Gasteiger partial charge in [0.05, 0.1) is 6.21 Å². The average Bonchev–Trinajstić information content (AvgIpc) is 3.06. The quantitative estimate of drug-likeness (QED) is 0.498. The maximum absolute atomic E-state index is 11.7. The molecule has 1 amide bonds. The minimum atomic E-state index is -0.353. The molecule has 0 aliphatic carbocycles. The third kappa shape index (κ3) is 5.06. The zero-order valence-electron chi connectivity index (χ0n) is 13.2. The van der Waals surface area contributed by atoms with Crippen LogP contribution >= 0.6 is 15.9 Å². The van der Waals surface area contributed by atoms with E-state index in [0.717, 1.165) is 11.1 Å². The van der Waals surface area contributed by atoms with E-state index >= 15 is 0 Å². The van der Waals surface area contributed by atoms with E-state index in [4.69, 9.17) is 9.15 Å². The summed E-state index contributed by atoms with van der Waals surface area (Å²) in [6.45, 7) is -0.121. The highest BCUT2D eigenvalue weighted by molar-refractivity contribution is 9.10. The SMILES string of the molecule is O=C(COc1ccc(-c2ccccc2)cc1)N/N=C/c1ccc(Br)o1. The maximum atomic E-state index is 11.7. The monoisotopic (exact) mass is 398 g/mol. The van der Waals surface area contributed by atoms with Crippen molar-refractivity contribution in [2.45, 2.75) is 0 Å². The number of amides is 1. The lowest BCUT2D eigenvalue weighted by atomic mass is 10.1. The van der Waals surface area contributed by atoms with Gasteiger partial charge in [-0.1, -0.05) is 42.5 Å². The highest BCUT2D eigenvalue weighted by Gasteiger charge is 2.03. The fourth-order valence-corrected chi connectivity index (χ4v) is 2.44. The molecule has 0 radical (unpaired) electrons. The second kappa shape index (κ2) is 8.30. The third-order valence-corrected chi connectivity index (χ3v) is 3.73. The Hall–Kier alpha value is -2.86. The van der Waals surface area contributed by atoms with Crippen LogP contribution in [0.25, 0.3) is 11.1 Å². The van der Waals surface area contributed by atoms with E-state index in [2.05, 4.69) is 26.5 Å². The topological polar surface area (TPSA) is 63.8 Å². The number of halogens is 1. The van der Waals surface area contributed by atoms with Crippen LogP contribution in [0.4, 0.5) is 0 Å². The van der Waals surface area contributed by atoms with Crippen molar-refractivity contribution in [3.05, 3.63) is 77.2 Å². The summed E-state index contributed by atoms with van der Waals surface area (Å²) in [5.74, 6) is 0.798. The molecular weight excluding hydrogens is 384 g/mol. The molecule has 0 unspecified atom stereocenters. The van der Waals surface area contributed by atoms with Crippen LogP contribution in [0.5, 0.6) is 5.75 Å². The first-order chi connectivity index (χ1) is 12.2. The number of rotatable bonds is 6. The number of benzene rings is 2. The van der Waals surface area contributed by atoms with Gasteiger partial charge in [0.1, 0.15) is 11.5 Å². The minimum absolute atomic E-state index is 0.121. The van der Waals surface area contributed by atoms with Gasteiger partial charge in [0.2, 0.25) is 0 Å². The Balaban J connectivity index is 1.48. The van der Waals surface area contributed by atoms with Crippen molar-refractivity contribution in [3.63, 3.8) is 0 Å². The Morgan fingerprint density at radius 3 is 2.44 bits per heavy atom. The molecule has 5 nitrogen and oxygen atoms in total. The van der Waals surface area contributed by atoms with Gasteiger partial charge in [-0.25, -0.2) is 5.43 Å². The summed E-state index contributed by atoms with van der Waals surface area (Å²) in [4.78, 5) is 11.7. The number of furan rings is 1. The molecule has 1 aromatic heterocycles. The van der Waals surface area contributed by atoms with Crippen molar-refractivity contribution in [2.75, 3.05) is 6.61 Å². The van der Waals surface area contributed by atoms with E-state index in [0.29, 0.717) is 16.2 Å². The van der Waals surface area contributed by atoms with Crippen LogP contribution in [0.1, 0.15) is 5.76 Å². The highest BCUT2D eigenvalue weighted by atomic mass is 79.9. The zero-order valence-corrected chi connectivity index (χ0v) is 14.8. The predicted octanol–water partition coefficient (Wildman–Crippen LogP) is 4.24. The first-order valence-corrected chi connectivity index (χ1v) is 8.35. The summed E-state index contributed by atoms with van der Waals surface area (Å²) < 4.78 is 11.3. The van der Waals surface area contributed by atoms with E-state index in [9.17, 15) is 4.79 Å². The van der Waals surface area contributed by atoms with E-state index in [-0.39, 0.29) is 12.5 Å². The standard InChI is InChI=1S/C19H15BrN2O3/c20-18-11-10-17(25-18)12-21-22-19(23)13-24-16-8-6-15(7-9-16)14-4-2-1-3-5-14/h1-12H,13H2,(H,22,23)/b21-12+. The van der Waals surface area contributed by atoms with Crippen LogP contribution in [0.3, 0.4) is 0 Å². The Labute approximate surface area is 153 Å². The summed E-state index contributed by atoms with van der Waals surface area (Å²) in [6, 6.07) is 21.1. The molecule has 0 bridgehead atoms. The number of nitrogens with one attached hydrogen (secondary N) is 1. The van der Waals surface area contributed by atoms with Crippen LogP contribution in [0, 0.1) is 0 Å². The third-order valence-electron chi connectivity index (χ3n) is 3.31. The first-order valence-electron chi connectivity index (χ1n) is 7.56. The van der Waals surface area contributed by atoms with Gasteiger partial charge in [-0.15, -0.1) is 0 Å². The Bertz CT molecular complexity index is 858. The summed E-state index contributed by atoms with van der Waals surface area (Å²) in [7, 11) is 0. The van der Waals surface area contributed by atoms with E-state index < -0.39 is 0 Å². The second-order valence-electron chi connectivity index (χ2n) is 5.11. The molecule has 0 aliphatic rings. The molecule has 0 fully saturated rings. The molecule has 2 aromatic carbocycles. The van der Waals surface area contributed by atoms with Crippen LogP contribution < -0.4 is 10.2 Å². The highest BCUT2D eigenvalue weighted by Crippen LogP contribution is 2.21. The van der Waals surface area contributed by atoms with Gasteiger partial charge in [-0.3, -0.25) is 4.79 Å². The first kappa shape index (κ1) is 17.0. The number of hydrogen-bond donors (Lipinski definition) is 1. The van der Waals surface area contributed by atoms with E-state index in [1.807, 2.05) is 54.6 Å². The molecule has 0 saturated carbocycles. The molecule has 0 spiro atoms. The predicted molar refractivity (Wildman–Crippen MR) is 99.5 cm³/mol. The fraction of sp³-hybridized carbons (Fsp3) is 0.0526. The van der Waals surface area contributed by atoms with Gasteiger partial charge in [0.15, 0.2) is 11.3 Å². The van der Waals surface area contributed by atoms with Crippen molar-refractivity contribution in [1.82, 2.24) is 5.43 Å². The van der Waals surface area contributed by atoms with Crippen molar-refractivity contribution in [2.24, 2.45) is 5.10 Å². The second-order valence-corrected chi connectivity index (χ2v) is 5.90. The number of hydrazone groups is 1. The fourth-order valence-electron chi connectivity index (χ4n) is 2.12. The minimum Gasteiger partial charge on any atom is -0.484 e. The van der Waals surface area contributed by atoms with Crippen LogP contribution in [0.2, 0.25) is 0 Å². The summed E-state index contributed by atoms with van der Waals surface area (Å²) in [6.07, 6.45) is 1.41. The lowest BCUT2D eigenvalue weighted by molar-refractivity contribution is -0.123.